The van der Waals surface area contributed by atoms with E-state index < -0.39 is 0 Å². The van der Waals surface area contributed by atoms with Crippen LogP contribution in [0, 0.1) is 6.92 Å². The van der Waals surface area contributed by atoms with Crippen molar-refractivity contribution in [3.63, 3.8) is 0 Å². The SMILES string of the molecule is CSCCC(C)N(C)C(=O)c1cc(C)ccc1NN. The number of carbonyl (C=O) groups excluding carboxylic acids is 1. The topological polar surface area (TPSA) is 58.4 Å². The van der Waals surface area contributed by atoms with Gasteiger partial charge in [0.15, 0.2) is 0 Å². The maximum absolute atomic E-state index is 12.5. The highest BCUT2D eigenvalue weighted by molar-refractivity contribution is 7.98. The van der Waals surface area contributed by atoms with E-state index >= 15 is 0 Å². The molecule has 0 aromatic heterocycles. The van der Waals surface area contributed by atoms with Gasteiger partial charge < -0.3 is 10.3 Å². The van der Waals surface area contributed by atoms with Crippen LogP contribution in [0.1, 0.15) is 29.3 Å². The van der Waals surface area contributed by atoms with Gasteiger partial charge >= 0.3 is 0 Å². The molecule has 0 saturated carbocycles. The van der Waals surface area contributed by atoms with Gasteiger partial charge in [-0.1, -0.05) is 11.6 Å². The highest BCUT2D eigenvalue weighted by Crippen LogP contribution is 2.19. The molecular weight excluding hydrogens is 258 g/mol. The van der Waals surface area contributed by atoms with Crippen LogP contribution in [-0.2, 0) is 0 Å². The molecule has 1 atom stereocenters. The predicted octanol–water partition coefficient (Wildman–Crippen LogP) is 2.49. The Kier molecular flexibility index (Phi) is 6.18. The van der Waals surface area contributed by atoms with E-state index in [1.54, 1.807) is 16.7 Å². The summed E-state index contributed by atoms with van der Waals surface area (Å²) in [5.74, 6) is 6.53. The van der Waals surface area contributed by atoms with Crippen LogP contribution in [0.25, 0.3) is 0 Å². The molecule has 0 aliphatic carbocycles. The Bertz CT molecular complexity index is 437. The number of amides is 1. The number of aryl methyl sites for hydroxylation is 1. The molecule has 4 nitrogen and oxygen atoms in total. The minimum atomic E-state index is 0.00486. The van der Waals surface area contributed by atoms with Crippen LogP contribution >= 0.6 is 11.8 Å². The molecule has 0 heterocycles. The van der Waals surface area contributed by atoms with E-state index in [-0.39, 0.29) is 11.9 Å². The Labute approximate surface area is 119 Å². The number of thioether (sulfide) groups is 1. The highest BCUT2D eigenvalue weighted by atomic mass is 32.2. The molecule has 0 fully saturated rings. The number of hydrazine groups is 1. The third-order valence-electron chi connectivity index (χ3n) is 3.28. The average Bonchev–Trinajstić information content (AvgIpc) is 2.42. The molecule has 0 spiro atoms. The number of nitrogens with two attached hydrogens (primary N) is 1. The Hall–Kier alpha value is -1.20. The minimum Gasteiger partial charge on any atom is -0.339 e. The van der Waals surface area contributed by atoms with Gasteiger partial charge in [-0.3, -0.25) is 10.6 Å². The number of benzene rings is 1. The van der Waals surface area contributed by atoms with Crippen molar-refractivity contribution < 1.29 is 4.79 Å². The van der Waals surface area contributed by atoms with Crippen LogP contribution in [0.5, 0.6) is 0 Å². The first-order chi connectivity index (χ1) is 9.01. The average molecular weight is 281 g/mol. The summed E-state index contributed by atoms with van der Waals surface area (Å²) < 4.78 is 0. The summed E-state index contributed by atoms with van der Waals surface area (Å²) in [4.78, 5) is 14.3. The number of rotatable bonds is 6. The van der Waals surface area contributed by atoms with Gasteiger partial charge in [-0.2, -0.15) is 11.8 Å². The zero-order valence-corrected chi connectivity index (χ0v) is 12.9. The number of hydrogen-bond acceptors (Lipinski definition) is 4. The van der Waals surface area contributed by atoms with Gasteiger partial charge in [-0.05, 0) is 44.4 Å². The Balaban J connectivity index is 2.89. The van der Waals surface area contributed by atoms with E-state index in [1.165, 1.54) is 0 Å². The minimum absolute atomic E-state index is 0.00486. The molecule has 1 rings (SSSR count). The summed E-state index contributed by atoms with van der Waals surface area (Å²) in [5, 5.41) is 0. The van der Waals surface area contributed by atoms with Crippen LogP contribution in [0.2, 0.25) is 0 Å². The van der Waals surface area contributed by atoms with Crippen molar-refractivity contribution in [1.29, 1.82) is 0 Å². The predicted molar refractivity (Wildman–Crippen MR) is 83.5 cm³/mol. The maximum Gasteiger partial charge on any atom is 0.255 e. The van der Waals surface area contributed by atoms with Crippen molar-refractivity contribution in [2.24, 2.45) is 5.84 Å². The number of nitrogen functional groups attached to an aromatic ring is 1. The number of anilines is 1. The fourth-order valence-electron chi connectivity index (χ4n) is 1.83. The molecule has 0 aliphatic heterocycles. The second kappa shape index (κ2) is 7.40. The lowest BCUT2D eigenvalue weighted by Gasteiger charge is -2.26. The first kappa shape index (κ1) is 15.9. The lowest BCUT2D eigenvalue weighted by molar-refractivity contribution is 0.0742. The molecule has 1 unspecified atom stereocenters. The van der Waals surface area contributed by atoms with E-state index in [0.29, 0.717) is 11.3 Å². The second-order valence-electron chi connectivity index (χ2n) is 4.74. The smallest absolute Gasteiger partial charge is 0.255 e. The molecular formula is C14H23N3OS. The Morgan fingerprint density at radius 1 is 1.53 bits per heavy atom. The summed E-state index contributed by atoms with van der Waals surface area (Å²) in [6.45, 7) is 4.04. The molecule has 0 bridgehead atoms. The molecule has 5 heteroatoms. The molecule has 1 aromatic carbocycles. The van der Waals surface area contributed by atoms with E-state index in [4.69, 9.17) is 5.84 Å². The summed E-state index contributed by atoms with van der Waals surface area (Å²) in [7, 11) is 1.84. The van der Waals surface area contributed by atoms with Crippen LogP contribution in [-0.4, -0.2) is 35.9 Å². The fraction of sp³-hybridized carbons (Fsp3) is 0.500. The van der Waals surface area contributed by atoms with E-state index in [2.05, 4.69) is 18.6 Å². The van der Waals surface area contributed by atoms with Gasteiger partial charge in [0, 0.05) is 13.1 Å². The van der Waals surface area contributed by atoms with Gasteiger partial charge in [0.25, 0.3) is 5.91 Å². The second-order valence-corrected chi connectivity index (χ2v) is 5.73. The molecule has 1 aromatic rings. The third-order valence-corrected chi connectivity index (χ3v) is 3.93. The van der Waals surface area contributed by atoms with Crippen molar-refractivity contribution in [3.8, 4) is 0 Å². The molecule has 1 amide bonds. The van der Waals surface area contributed by atoms with E-state index in [0.717, 1.165) is 17.7 Å². The van der Waals surface area contributed by atoms with Gasteiger partial charge in [0.05, 0.1) is 11.3 Å². The zero-order valence-electron chi connectivity index (χ0n) is 12.1. The van der Waals surface area contributed by atoms with E-state index in [9.17, 15) is 4.79 Å². The number of carbonyl (C=O) groups is 1. The standard InChI is InChI=1S/C14H23N3OS/c1-10-5-6-13(16-15)12(9-10)14(18)17(3)11(2)7-8-19-4/h5-6,9,11,16H,7-8,15H2,1-4H3. The first-order valence-corrected chi connectivity index (χ1v) is 7.74. The molecule has 0 aliphatic rings. The third kappa shape index (κ3) is 4.14. The lowest BCUT2D eigenvalue weighted by atomic mass is 10.1. The monoisotopic (exact) mass is 281 g/mol. The number of hydrogen-bond donors (Lipinski definition) is 2. The summed E-state index contributed by atoms with van der Waals surface area (Å²) >= 11 is 1.79. The molecule has 3 N–H and O–H groups in total. The van der Waals surface area contributed by atoms with Crippen LogP contribution in [0.15, 0.2) is 18.2 Å². The summed E-state index contributed by atoms with van der Waals surface area (Å²) in [6, 6.07) is 5.85. The largest absolute Gasteiger partial charge is 0.339 e. The van der Waals surface area contributed by atoms with Crippen molar-refractivity contribution in [3.05, 3.63) is 29.3 Å². The maximum atomic E-state index is 12.5. The van der Waals surface area contributed by atoms with Crippen molar-refractivity contribution in [2.75, 3.05) is 24.5 Å². The van der Waals surface area contributed by atoms with Gasteiger partial charge in [-0.15, -0.1) is 0 Å². The molecule has 0 radical (unpaired) electrons. The van der Waals surface area contributed by atoms with Crippen LogP contribution in [0.4, 0.5) is 5.69 Å². The molecule has 0 saturated heterocycles. The lowest BCUT2D eigenvalue weighted by Crippen LogP contribution is -2.36. The van der Waals surface area contributed by atoms with Crippen LogP contribution < -0.4 is 11.3 Å². The Morgan fingerprint density at radius 3 is 2.79 bits per heavy atom. The van der Waals surface area contributed by atoms with Crippen LogP contribution in [0.3, 0.4) is 0 Å². The van der Waals surface area contributed by atoms with E-state index in [1.807, 2.05) is 32.2 Å². The quantitative estimate of drug-likeness (QED) is 0.621. The fourth-order valence-corrected chi connectivity index (χ4v) is 2.41. The number of nitrogens with one attached hydrogen (secondary N) is 1. The Morgan fingerprint density at radius 2 is 2.21 bits per heavy atom. The van der Waals surface area contributed by atoms with Gasteiger partial charge in [-0.25, -0.2) is 0 Å². The molecule has 106 valence electrons. The van der Waals surface area contributed by atoms with Crippen molar-refractivity contribution in [1.82, 2.24) is 4.90 Å². The van der Waals surface area contributed by atoms with Gasteiger partial charge in [0.2, 0.25) is 0 Å². The summed E-state index contributed by atoms with van der Waals surface area (Å²) in [5.41, 5.74) is 4.93. The highest BCUT2D eigenvalue weighted by Gasteiger charge is 2.19. The summed E-state index contributed by atoms with van der Waals surface area (Å²) in [6.07, 6.45) is 3.06. The zero-order chi connectivity index (χ0) is 14.4. The van der Waals surface area contributed by atoms with Crippen molar-refractivity contribution >= 4 is 23.4 Å². The number of nitrogens with zero attached hydrogens (tertiary/aromatic N) is 1. The van der Waals surface area contributed by atoms with Gasteiger partial charge in [0.1, 0.15) is 0 Å². The normalized spacial score (nSPS) is 12.1. The first-order valence-electron chi connectivity index (χ1n) is 6.34. The van der Waals surface area contributed by atoms with Crippen molar-refractivity contribution in [2.45, 2.75) is 26.3 Å². The molecule has 19 heavy (non-hydrogen) atoms.